The number of nitrogens with zero attached hydrogens (tertiary/aromatic N) is 1. The molecule has 138 valence electrons. The number of ketones is 1. The van der Waals surface area contributed by atoms with Crippen LogP contribution in [0.3, 0.4) is 0 Å². The lowest BCUT2D eigenvalue weighted by Crippen LogP contribution is -2.45. The van der Waals surface area contributed by atoms with Crippen molar-refractivity contribution in [3.05, 3.63) is 71.0 Å². The van der Waals surface area contributed by atoms with Gasteiger partial charge in [0.25, 0.3) is 11.8 Å². The van der Waals surface area contributed by atoms with Gasteiger partial charge in [-0.2, -0.15) is 0 Å². The maximum absolute atomic E-state index is 13.0. The molecule has 0 saturated heterocycles. The van der Waals surface area contributed by atoms with Gasteiger partial charge in [-0.15, -0.1) is 0 Å². The van der Waals surface area contributed by atoms with Gasteiger partial charge in [0.2, 0.25) is 5.78 Å². The maximum atomic E-state index is 13.0. The van der Waals surface area contributed by atoms with Crippen LogP contribution in [0.25, 0.3) is 0 Å². The zero-order valence-electron chi connectivity index (χ0n) is 14.6. The fourth-order valence-corrected chi connectivity index (χ4v) is 2.84. The van der Waals surface area contributed by atoms with Crippen LogP contribution in [0.2, 0.25) is 0 Å². The van der Waals surface area contributed by atoms with Gasteiger partial charge in [-0.3, -0.25) is 19.3 Å². The summed E-state index contributed by atoms with van der Waals surface area (Å²) in [6, 6.07) is 9.90. The third-order valence-electron chi connectivity index (χ3n) is 4.34. The molecule has 0 spiro atoms. The van der Waals surface area contributed by atoms with E-state index in [-0.39, 0.29) is 16.7 Å². The molecular formula is C20H16FNO5. The first kappa shape index (κ1) is 18.4. The monoisotopic (exact) mass is 369 g/mol. The molecule has 3 rings (SSSR count). The van der Waals surface area contributed by atoms with Crippen LogP contribution in [0.4, 0.5) is 4.39 Å². The first-order valence-electron chi connectivity index (χ1n) is 8.28. The number of ether oxygens (including phenoxy) is 1. The van der Waals surface area contributed by atoms with Crippen LogP contribution >= 0.6 is 0 Å². The molecule has 2 aromatic carbocycles. The fraction of sp³-hybridized carbons (Fsp3) is 0.200. The molecule has 0 radical (unpaired) electrons. The molecule has 0 aliphatic carbocycles. The minimum atomic E-state index is -1.19. The van der Waals surface area contributed by atoms with Crippen molar-refractivity contribution in [3.63, 3.8) is 0 Å². The summed E-state index contributed by atoms with van der Waals surface area (Å²) in [5.41, 5.74) is 0.625. The third-order valence-corrected chi connectivity index (χ3v) is 4.34. The highest BCUT2D eigenvalue weighted by Gasteiger charge is 2.41. The molecule has 7 heteroatoms. The van der Waals surface area contributed by atoms with Crippen molar-refractivity contribution in [2.24, 2.45) is 0 Å². The van der Waals surface area contributed by atoms with E-state index in [1.165, 1.54) is 38.1 Å². The Hall–Kier alpha value is -3.35. The molecule has 0 bridgehead atoms. The van der Waals surface area contributed by atoms with E-state index < -0.39 is 41.5 Å². The van der Waals surface area contributed by atoms with E-state index >= 15 is 0 Å². The summed E-state index contributed by atoms with van der Waals surface area (Å²) < 4.78 is 18.1. The number of carbonyl (C=O) groups excluding carboxylic acids is 4. The van der Waals surface area contributed by atoms with E-state index in [4.69, 9.17) is 4.74 Å². The van der Waals surface area contributed by atoms with Crippen LogP contribution in [0, 0.1) is 5.82 Å². The van der Waals surface area contributed by atoms with Gasteiger partial charge in [0.05, 0.1) is 11.1 Å². The molecular weight excluding hydrogens is 353 g/mol. The van der Waals surface area contributed by atoms with Crippen LogP contribution in [0.5, 0.6) is 0 Å². The lowest BCUT2D eigenvalue weighted by atomic mass is 10.1. The molecule has 1 heterocycles. The summed E-state index contributed by atoms with van der Waals surface area (Å²) in [7, 11) is 0. The number of esters is 1. The second-order valence-corrected chi connectivity index (χ2v) is 6.15. The fourth-order valence-electron chi connectivity index (χ4n) is 2.84. The van der Waals surface area contributed by atoms with E-state index in [0.29, 0.717) is 0 Å². The summed E-state index contributed by atoms with van der Waals surface area (Å²) in [4.78, 5) is 50.4. The number of benzene rings is 2. The Morgan fingerprint density at radius 1 is 0.926 bits per heavy atom. The minimum absolute atomic E-state index is 0.185. The topological polar surface area (TPSA) is 80.8 Å². The molecule has 2 aromatic rings. The number of imide groups is 1. The second kappa shape index (κ2) is 7.11. The summed E-state index contributed by atoms with van der Waals surface area (Å²) in [6.45, 7) is 2.73. The Balaban J connectivity index is 1.71. The third kappa shape index (κ3) is 3.36. The molecule has 1 aliphatic rings. The van der Waals surface area contributed by atoms with Crippen molar-refractivity contribution in [2.45, 2.75) is 26.0 Å². The summed E-state index contributed by atoms with van der Waals surface area (Å²) in [6.07, 6.45) is -1.15. The van der Waals surface area contributed by atoms with Gasteiger partial charge in [-0.05, 0) is 50.2 Å². The predicted molar refractivity (Wildman–Crippen MR) is 92.7 cm³/mol. The lowest BCUT2D eigenvalue weighted by Gasteiger charge is -2.22. The molecule has 0 N–H and O–H groups in total. The highest BCUT2D eigenvalue weighted by Crippen LogP contribution is 2.25. The minimum Gasteiger partial charge on any atom is -0.453 e. The summed E-state index contributed by atoms with van der Waals surface area (Å²) in [5.74, 6) is -3.06. The van der Waals surface area contributed by atoms with Crippen LogP contribution in [0.15, 0.2) is 48.5 Å². The van der Waals surface area contributed by atoms with E-state index in [2.05, 4.69) is 0 Å². The van der Waals surface area contributed by atoms with E-state index in [1.807, 2.05) is 0 Å². The van der Waals surface area contributed by atoms with Gasteiger partial charge in [-0.1, -0.05) is 12.1 Å². The van der Waals surface area contributed by atoms with Gasteiger partial charge >= 0.3 is 5.97 Å². The first-order chi connectivity index (χ1) is 12.8. The number of fused-ring (bicyclic) bond motifs is 1. The Morgan fingerprint density at radius 3 is 1.96 bits per heavy atom. The zero-order valence-corrected chi connectivity index (χ0v) is 14.6. The van der Waals surface area contributed by atoms with Gasteiger partial charge < -0.3 is 4.74 Å². The molecule has 0 saturated carbocycles. The highest BCUT2D eigenvalue weighted by atomic mass is 19.1. The number of Topliss-reactive ketones (excluding diaryl/α,β-unsaturated/α-hetero) is 1. The second-order valence-electron chi connectivity index (χ2n) is 6.15. The Labute approximate surface area is 154 Å². The number of hydrogen-bond acceptors (Lipinski definition) is 5. The lowest BCUT2D eigenvalue weighted by molar-refractivity contribution is -0.150. The molecule has 0 unspecified atom stereocenters. The standard InChI is InChI=1S/C20H16FNO5/c1-11(22-18(24)15-5-3-4-6-16(15)19(22)25)20(26)27-12(2)17(23)13-7-9-14(21)10-8-13/h3-12H,1-2H3/t11-,12+/m1/s1. The van der Waals surface area contributed by atoms with Crippen molar-refractivity contribution < 1.29 is 28.3 Å². The van der Waals surface area contributed by atoms with E-state index in [0.717, 1.165) is 17.0 Å². The maximum Gasteiger partial charge on any atom is 0.329 e. The first-order valence-corrected chi connectivity index (χ1v) is 8.28. The zero-order chi connectivity index (χ0) is 19.7. The molecule has 2 amide bonds. The quantitative estimate of drug-likeness (QED) is 0.460. The normalized spacial score (nSPS) is 15.3. The van der Waals surface area contributed by atoms with Crippen LogP contribution < -0.4 is 0 Å². The van der Waals surface area contributed by atoms with Crippen LogP contribution in [0.1, 0.15) is 44.9 Å². The number of hydrogen-bond donors (Lipinski definition) is 0. The van der Waals surface area contributed by atoms with Crippen LogP contribution in [-0.4, -0.2) is 40.6 Å². The average Bonchev–Trinajstić information content (AvgIpc) is 2.92. The number of carbonyl (C=O) groups is 4. The summed E-state index contributed by atoms with van der Waals surface area (Å²) in [5, 5.41) is 0. The van der Waals surface area contributed by atoms with E-state index in [1.54, 1.807) is 12.1 Å². The summed E-state index contributed by atoms with van der Waals surface area (Å²) >= 11 is 0. The molecule has 6 nitrogen and oxygen atoms in total. The van der Waals surface area contributed by atoms with Gasteiger partial charge in [0, 0.05) is 5.56 Å². The molecule has 2 atom stereocenters. The number of amides is 2. The van der Waals surface area contributed by atoms with Gasteiger partial charge in [-0.25, -0.2) is 9.18 Å². The Bertz CT molecular complexity index is 903. The SMILES string of the molecule is C[C@H](OC(=O)[C@@H](C)N1C(=O)c2ccccc2C1=O)C(=O)c1ccc(F)cc1. The number of halogens is 1. The van der Waals surface area contributed by atoms with Crippen LogP contribution in [-0.2, 0) is 9.53 Å². The molecule has 27 heavy (non-hydrogen) atoms. The predicted octanol–water partition coefficient (Wildman–Crippen LogP) is 2.62. The van der Waals surface area contributed by atoms with Crippen molar-refractivity contribution in [2.75, 3.05) is 0 Å². The number of rotatable bonds is 5. The van der Waals surface area contributed by atoms with Crippen molar-refractivity contribution in [3.8, 4) is 0 Å². The van der Waals surface area contributed by atoms with Crippen molar-refractivity contribution in [1.82, 2.24) is 4.90 Å². The smallest absolute Gasteiger partial charge is 0.329 e. The molecule has 0 aromatic heterocycles. The van der Waals surface area contributed by atoms with Gasteiger partial charge in [0.15, 0.2) is 6.10 Å². The van der Waals surface area contributed by atoms with Gasteiger partial charge in [0.1, 0.15) is 11.9 Å². The molecule has 1 aliphatic heterocycles. The largest absolute Gasteiger partial charge is 0.453 e. The highest BCUT2D eigenvalue weighted by molar-refractivity contribution is 6.22. The molecule has 0 fully saturated rings. The Kier molecular flexibility index (Phi) is 4.85. The average molecular weight is 369 g/mol. The van der Waals surface area contributed by atoms with E-state index in [9.17, 15) is 23.6 Å². The Morgan fingerprint density at radius 2 is 1.44 bits per heavy atom. The van der Waals surface area contributed by atoms with Crippen molar-refractivity contribution >= 4 is 23.6 Å². The van der Waals surface area contributed by atoms with Crippen molar-refractivity contribution in [1.29, 1.82) is 0 Å².